The van der Waals surface area contributed by atoms with Crippen LogP contribution in [0.25, 0.3) is 0 Å². The molecule has 0 saturated heterocycles. The average Bonchev–Trinajstić information content (AvgIpc) is 3.16. The van der Waals surface area contributed by atoms with Crippen molar-refractivity contribution in [1.29, 1.82) is 0 Å². The van der Waals surface area contributed by atoms with E-state index in [9.17, 15) is 0 Å². The minimum Gasteiger partial charge on any atom is -0.497 e. The van der Waals surface area contributed by atoms with Gasteiger partial charge in [-0.15, -0.1) is 0 Å². The fraction of sp³-hybridized carbons (Fsp3) is 0.250. The summed E-state index contributed by atoms with van der Waals surface area (Å²) in [6, 6.07) is 23.9. The van der Waals surface area contributed by atoms with E-state index in [0.29, 0.717) is 29.8 Å². The highest BCUT2D eigenvalue weighted by Crippen LogP contribution is 2.37. The van der Waals surface area contributed by atoms with Gasteiger partial charge in [0, 0.05) is 21.5 Å². The number of ether oxygens (including phenoxy) is 2. The lowest BCUT2D eigenvalue weighted by molar-refractivity contribution is 0.0991. The van der Waals surface area contributed by atoms with Crippen molar-refractivity contribution in [3.8, 4) is 5.75 Å². The molecule has 1 heterocycles. The third-order valence-electron chi connectivity index (χ3n) is 5.47. The van der Waals surface area contributed by atoms with E-state index in [-0.39, 0.29) is 5.92 Å². The number of methoxy groups -OCH3 is 1. The van der Waals surface area contributed by atoms with Gasteiger partial charge in [-0.05, 0) is 47.4 Å². The van der Waals surface area contributed by atoms with Gasteiger partial charge in [0.2, 0.25) is 0 Å². The van der Waals surface area contributed by atoms with Crippen molar-refractivity contribution in [3.05, 3.63) is 105 Å². The summed E-state index contributed by atoms with van der Waals surface area (Å²) in [6.07, 6.45) is 0. The summed E-state index contributed by atoms with van der Waals surface area (Å²) in [5.74, 6) is 1.96. The zero-order chi connectivity index (χ0) is 24.8. The number of rotatable bonds is 10. The van der Waals surface area contributed by atoms with Gasteiger partial charge in [0.1, 0.15) is 23.2 Å². The summed E-state index contributed by atoms with van der Waals surface area (Å²) in [5, 5.41) is 2.30. The number of hydrogen-bond acceptors (Lipinski definition) is 4. The van der Waals surface area contributed by atoms with Crippen LogP contribution in [0.3, 0.4) is 0 Å². The Hall–Kier alpha value is -2.44. The highest BCUT2D eigenvalue weighted by atomic mass is 35.5. The molecule has 0 aliphatic rings. The maximum atomic E-state index is 6.29. The Morgan fingerprint density at radius 2 is 1.57 bits per heavy atom. The molecule has 0 saturated carbocycles. The highest BCUT2D eigenvalue weighted by molar-refractivity contribution is 7.99. The molecule has 0 radical (unpaired) electrons. The Bertz CT molecular complexity index is 1240. The topological polar surface area (TPSA) is 36.3 Å². The molecule has 4 nitrogen and oxygen atoms in total. The van der Waals surface area contributed by atoms with Crippen LogP contribution in [0.5, 0.6) is 5.75 Å². The third kappa shape index (κ3) is 6.83. The van der Waals surface area contributed by atoms with E-state index in [1.54, 1.807) is 24.9 Å². The number of imidazole rings is 1. The lowest BCUT2D eigenvalue weighted by Crippen LogP contribution is -2.08. The Kier molecular flexibility index (Phi) is 8.79. The number of halogens is 2. The van der Waals surface area contributed by atoms with Crippen LogP contribution in [0.15, 0.2) is 82.7 Å². The first-order valence-corrected chi connectivity index (χ1v) is 13.0. The standard InChI is InChI=1S/C28H28Cl2N2O2S/c1-19(2)27-28(35-25-14-22(29)13-23(30)15-25)32(16-20-7-5-4-6-8-20)26(31-27)18-34-17-21-9-11-24(33-3)12-10-21/h4-15,19H,16-18H2,1-3H3. The summed E-state index contributed by atoms with van der Waals surface area (Å²) in [5.41, 5.74) is 3.31. The monoisotopic (exact) mass is 526 g/mol. The zero-order valence-corrected chi connectivity index (χ0v) is 22.3. The molecule has 0 bridgehead atoms. The molecule has 35 heavy (non-hydrogen) atoms. The molecule has 0 fully saturated rings. The van der Waals surface area contributed by atoms with Crippen molar-refractivity contribution in [3.63, 3.8) is 0 Å². The van der Waals surface area contributed by atoms with Gasteiger partial charge in [-0.1, -0.05) is 91.3 Å². The fourth-order valence-electron chi connectivity index (χ4n) is 3.71. The first-order chi connectivity index (χ1) is 16.9. The minimum absolute atomic E-state index is 0.240. The zero-order valence-electron chi connectivity index (χ0n) is 20.0. The summed E-state index contributed by atoms with van der Waals surface area (Å²) >= 11 is 14.2. The molecule has 1 aromatic heterocycles. The second-order valence-electron chi connectivity index (χ2n) is 8.49. The maximum absolute atomic E-state index is 6.29. The number of hydrogen-bond donors (Lipinski definition) is 0. The molecular formula is C28H28Cl2N2O2S. The second kappa shape index (κ2) is 12.0. The van der Waals surface area contributed by atoms with Crippen LogP contribution in [-0.4, -0.2) is 16.7 Å². The molecule has 0 aliphatic carbocycles. The normalized spacial score (nSPS) is 11.3. The molecule has 4 rings (SSSR count). The Labute approximate surface area is 221 Å². The van der Waals surface area contributed by atoms with Gasteiger partial charge in [0.15, 0.2) is 0 Å². The molecule has 0 spiro atoms. The average molecular weight is 528 g/mol. The van der Waals surface area contributed by atoms with Gasteiger partial charge < -0.3 is 14.0 Å². The first kappa shape index (κ1) is 25.6. The van der Waals surface area contributed by atoms with Crippen LogP contribution in [0.2, 0.25) is 10.0 Å². The van der Waals surface area contributed by atoms with Crippen LogP contribution in [-0.2, 0) is 24.5 Å². The maximum Gasteiger partial charge on any atom is 0.136 e. The van der Waals surface area contributed by atoms with E-state index in [4.69, 9.17) is 37.7 Å². The lowest BCUT2D eigenvalue weighted by atomic mass is 10.1. The molecular weight excluding hydrogens is 499 g/mol. The van der Waals surface area contributed by atoms with Crippen LogP contribution in [0, 0.1) is 0 Å². The van der Waals surface area contributed by atoms with E-state index in [1.807, 2.05) is 42.5 Å². The number of aromatic nitrogens is 2. The smallest absolute Gasteiger partial charge is 0.136 e. The van der Waals surface area contributed by atoms with Crippen molar-refractivity contribution in [2.75, 3.05) is 7.11 Å². The predicted octanol–water partition coefficient (Wildman–Crippen LogP) is 8.24. The highest BCUT2D eigenvalue weighted by Gasteiger charge is 2.21. The predicted molar refractivity (Wildman–Crippen MR) is 144 cm³/mol. The molecule has 0 unspecified atom stereocenters. The first-order valence-electron chi connectivity index (χ1n) is 11.4. The van der Waals surface area contributed by atoms with Crippen molar-refractivity contribution in [1.82, 2.24) is 9.55 Å². The molecule has 0 aliphatic heterocycles. The molecule has 182 valence electrons. The summed E-state index contributed by atoms with van der Waals surface area (Å²) in [7, 11) is 1.66. The second-order valence-corrected chi connectivity index (χ2v) is 10.4. The number of nitrogens with zero attached hydrogens (tertiary/aromatic N) is 2. The Morgan fingerprint density at radius 3 is 2.20 bits per heavy atom. The lowest BCUT2D eigenvalue weighted by Gasteiger charge is -2.14. The largest absolute Gasteiger partial charge is 0.497 e. The van der Waals surface area contributed by atoms with Gasteiger partial charge in [-0.3, -0.25) is 0 Å². The third-order valence-corrected chi connectivity index (χ3v) is 7.00. The van der Waals surface area contributed by atoms with Gasteiger partial charge in [-0.2, -0.15) is 0 Å². The Morgan fingerprint density at radius 1 is 0.886 bits per heavy atom. The van der Waals surface area contributed by atoms with Crippen molar-refractivity contribution in [2.24, 2.45) is 0 Å². The van der Waals surface area contributed by atoms with Gasteiger partial charge in [-0.25, -0.2) is 4.98 Å². The van der Waals surface area contributed by atoms with Gasteiger partial charge >= 0.3 is 0 Å². The van der Waals surface area contributed by atoms with Crippen LogP contribution < -0.4 is 4.74 Å². The molecule has 3 aromatic carbocycles. The molecule has 0 atom stereocenters. The minimum atomic E-state index is 0.240. The van der Waals surface area contributed by atoms with Crippen LogP contribution >= 0.6 is 35.0 Å². The molecule has 7 heteroatoms. The number of benzene rings is 3. The quantitative estimate of drug-likeness (QED) is 0.208. The van der Waals surface area contributed by atoms with Crippen LogP contribution in [0.1, 0.15) is 42.4 Å². The van der Waals surface area contributed by atoms with Gasteiger partial charge in [0.05, 0.1) is 19.4 Å². The van der Waals surface area contributed by atoms with Crippen molar-refractivity contribution < 1.29 is 9.47 Å². The fourth-order valence-corrected chi connectivity index (χ4v) is 5.62. The van der Waals surface area contributed by atoms with E-state index < -0.39 is 0 Å². The van der Waals surface area contributed by atoms with E-state index >= 15 is 0 Å². The summed E-state index contributed by atoms with van der Waals surface area (Å²) < 4.78 is 13.6. The van der Waals surface area contributed by atoms with Crippen LogP contribution in [0.4, 0.5) is 0 Å². The summed E-state index contributed by atoms with van der Waals surface area (Å²) in [4.78, 5) is 6.01. The van der Waals surface area contributed by atoms with E-state index in [1.165, 1.54) is 5.56 Å². The molecule has 4 aromatic rings. The van der Waals surface area contributed by atoms with Gasteiger partial charge in [0.25, 0.3) is 0 Å². The molecule has 0 N–H and O–H groups in total. The summed E-state index contributed by atoms with van der Waals surface area (Å²) in [6.45, 7) is 5.90. The van der Waals surface area contributed by atoms with Crippen molar-refractivity contribution >= 4 is 35.0 Å². The Balaban J connectivity index is 1.65. The SMILES string of the molecule is COc1ccc(COCc2nc(C(C)C)c(Sc3cc(Cl)cc(Cl)c3)n2Cc2ccccc2)cc1. The van der Waals surface area contributed by atoms with E-state index in [2.05, 4.69) is 42.7 Å². The van der Waals surface area contributed by atoms with Crippen molar-refractivity contribution in [2.45, 2.75) is 49.4 Å². The van der Waals surface area contributed by atoms with E-state index in [0.717, 1.165) is 32.8 Å². The molecule has 0 amide bonds.